The summed E-state index contributed by atoms with van der Waals surface area (Å²) in [7, 11) is 0. The Bertz CT molecular complexity index is 792. The monoisotopic (exact) mass is 344 g/mol. The molecule has 3 atom stereocenters. The van der Waals surface area contributed by atoms with E-state index in [-0.39, 0.29) is 6.04 Å². The lowest BCUT2D eigenvalue weighted by molar-refractivity contribution is -1.00. The SMILES string of the molecule is C[C@@H](c1ccccc1)[NH+]1CC[C@@H]1C(O)(c1ccccc1)c1ccccc1. The van der Waals surface area contributed by atoms with Crippen LogP contribution in [-0.2, 0) is 5.60 Å². The highest BCUT2D eigenvalue weighted by atomic mass is 16.3. The molecule has 3 aromatic rings. The molecule has 1 saturated heterocycles. The van der Waals surface area contributed by atoms with E-state index in [1.54, 1.807) is 0 Å². The first-order valence-corrected chi connectivity index (χ1v) is 9.45. The minimum atomic E-state index is -0.973. The third kappa shape index (κ3) is 2.86. The van der Waals surface area contributed by atoms with Gasteiger partial charge in [-0.25, -0.2) is 0 Å². The van der Waals surface area contributed by atoms with Gasteiger partial charge < -0.3 is 10.0 Å². The summed E-state index contributed by atoms with van der Waals surface area (Å²) in [5.41, 5.74) is 2.32. The number of aliphatic hydroxyl groups is 1. The summed E-state index contributed by atoms with van der Waals surface area (Å²) in [4.78, 5) is 1.45. The Kier molecular flexibility index (Phi) is 4.62. The van der Waals surface area contributed by atoms with E-state index in [4.69, 9.17) is 0 Å². The fourth-order valence-electron chi connectivity index (χ4n) is 4.36. The van der Waals surface area contributed by atoms with E-state index >= 15 is 0 Å². The van der Waals surface area contributed by atoms with Crippen molar-refractivity contribution in [2.75, 3.05) is 6.54 Å². The van der Waals surface area contributed by atoms with Crippen molar-refractivity contribution < 1.29 is 10.0 Å². The van der Waals surface area contributed by atoms with Crippen LogP contribution in [0.4, 0.5) is 0 Å². The number of benzene rings is 3. The van der Waals surface area contributed by atoms with Gasteiger partial charge in [0.1, 0.15) is 12.1 Å². The van der Waals surface area contributed by atoms with Gasteiger partial charge in [0.15, 0.2) is 5.60 Å². The second-order valence-corrected chi connectivity index (χ2v) is 7.30. The third-order valence-corrected chi connectivity index (χ3v) is 5.96. The lowest BCUT2D eigenvalue weighted by Crippen LogP contribution is -3.23. The van der Waals surface area contributed by atoms with E-state index in [9.17, 15) is 5.11 Å². The van der Waals surface area contributed by atoms with Crippen molar-refractivity contribution in [3.63, 3.8) is 0 Å². The quantitative estimate of drug-likeness (QED) is 0.729. The molecule has 2 N–H and O–H groups in total. The molecule has 0 aromatic heterocycles. The van der Waals surface area contributed by atoms with E-state index in [0.717, 1.165) is 24.1 Å². The number of nitrogens with one attached hydrogen (secondary N) is 1. The van der Waals surface area contributed by atoms with Gasteiger partial charge in [-0.3, -0.25) is 0 Å². The number of hydrogen-bond donors (Lipinski definition) is 2. The average molecular weight is 344 g/mol. The van der Waals surface area contributed by atoms with Crippen molar-refractivity contribution in [2.45, 2.75) is 31.0 Å². The zero-order chi connectivity index (χ0) is 18.0. The van der Waals surface area contributed by atoms with E-state index in [1.807, 2.05) is 36.4 Å². The molecule has 0 bridgehead atoms. The van der Waals surface area contributed by atoms with Gasteiger partial charge >= 0.3 is 0 Å². The number of likely N-dealkylation sites (tertiary alicyclic amines) is 1. The Balaban J connectivity index is 1.73. The molecule has 1 aliphatic rings. The number of hydrogen-bond acceptors (Lipinski definition) is 1. The first kappa shape index (κ1) is 17.0. The van der Waals surface area contributed by atoms with Crippen LogP contribution in [-0.4, -0.2) is 17.7 Å². The maximum Gasteiger partial charge on any atom is 0.167 e. The van der Waals surface area contributed by atoms with E-state index in [2.05, 4.69) is 61.5 Å². The molecule has 0 radical (unpaired) electrons. The normalized spacial score (nSPS) is 21.0. The maximum absolute atomic E-state index is 12.0. The van der Waals surface area contributed by atoms with Crippen molar-refractivity contribution in [2.24, 2.45) is 0 Å². The topological polar surface area (TPSA) is 24.7 Å². The van der Waals surface area contributed by atoms with Gasteiger partial charge in [0, 0.05) is 5.56 Å². The molecule has 0 aliphatic carbocycles. The van der Waals surface area contributed by atoms with Gasteiger partial charge in [-0.15, -0.1) is 0 Å². The molecule has 2 heteroatoms. The lowest BCUT2D eigenvalue weighted by atomic mass is 9.74. The highest BCUT2D eigenvalue weighted by Gasteiger charge is 2.53. The summed E-state index contributed by atoms with van der Waals surface area (Å²) in [6, 6.07) is 31.4. The number of rotatable bonds is 5. The molecule has 132 valence electrons. The minimum absolute atomic E-state index is 0.141. The predicted molar refractivity (Wildman–Crippen MR) is 105 cm³/mol. The molecule has 1 aliphatic heterocycles. The van der Waals surface area contributed by atoms with Crippen molar-refractivity contribution in [1.82, 2.24) is 0 Å². The molecular weight excluding hydrogens is 318 g/mol. The number of quaternary nitrogens is 1. The fraction of sp³-hybridized carbons (Fsp3) is 0.250. The lowest BCUT2D eigenvalue weighted by Gasteiger charge is -2.49. The molecule has 1 unspecified atom stereocenters. The maximum atomic E-state index is 12.0. The molecule has 3 aromatic carbocycles. The summed E-state index contributed by atoms with van der Waals surface area (Å²) in [5, 5.41) is 12.0. The van der Waals surface area contributed by atoms with E-state index in [1.165, 1.54) is 10.5 Å². The molecule has 1 heterocycles. The van der Waals surface area contributed by atoms with Crippen molar-refractivity contribution in [1.29, 1.82) is 0 Å². The molecular formula is C24H26NO+. The zero-order valence-electron chi connectivity index (χ0n) is 15.2. The Labute approximate surface area is 155 Å². The van der Waals surface area contributed by atoms with Crippen LogP contribution in [0.15, 0.2) is 91.0 Å². The standard InChI is InChI=1S/C24H25NO/c1-19(20-11-5-2-6-12-20)25-18-17-23(25)24(26,21-13-7-3-8-14-21)22-15-9-4-10-16-22/h2-16,19,23,26H,17-18H2,1H3/p+1/t19-,23+/m0/s1. The molecule has 1 fully saturated rings. The third-order valence-electron chi connectivity index (χ3n) is 5.96. The van der Waals surface area contributed by atoms with Gasteiger partial charge in [0.2, 0.25) is 0 Å². The molecule has 0 spiro atoms. The second kappa shape index (κ2) is 7.06. The highest BCUT2D eigenvalue weighted by molar-refractivity contribution is 5.38. The van der Waals surface area contributed by atoms with E-state index in [0.29, 0.717) is 6.04 Å². The Hall–Kier alpha value is -2.42. The highest BCUT2D eigenvalue weighted by Crippen LogP contribution is 2.35. The Morgan fingerprint density at radius 2 is 1.27 bits per heavy atom. The largest absolute Gasteiger partial charge is 0.374 e. The van der Waals surface area contributed by atoms with Gasteiger partial charge in [-0.2, -0.15) is 0 Å². The van der Waals surface area contributed by atoms with Crippen LogP contribution >= 0.6 is 0 Å². The van der Waals surface area contributed by atoms with E-state index < -0.39 is 5.60 Å². The second-order valence-electron chi connectivity index (χ2n) is 7.30. The van der Waals surface area contributed by atoms with Gasteiger partial charge in [0.25, 0.3) is 0 Å². The molecule has 0 amide bonds. The van der Waals surface area contributed by atoms with Crippen LogP contribution in [0.5, 0.6) is 0 Å². The Morgan fingerprint density at radius 1 is 0.808 bits per heavy atom. The van der Waals surface area contributed by atoms with Crippen LogP contribution in [0.25, 0.3) is 0 Å². The molecule has 4 rings (SSSR count). The fourth-order valence-corrected chi connectivity index (χ4v) is 4.36. The van der Waals surface area contributed by atoms with Gasteiger partial charge in [0.05, 0.1) is 13.0 Å². The van der Waals surface area contributed by atoms with Crippen molar-refractivity contribution in [3.8, 4) is 0 Å². The zero-order valence-corrected chi connectivity index (χ0v) is 15.2. The summed E-state index contributed by atoms with van der Waals surface area (Å²) in [5.74, 6) is 0. The summed E-state index contributed by atoms with van der Waals surface area (Å²) in [6.45, 7) is 3.36. The van der Waals surface area contributed by atoms with Crippen LogP contribution in [0.1, 0.15) is 36.1 Å². The smallest absolute Gasteiger partial charge is 0.167 e. The van der Waals surface area contributed by atoms with Crippen LogP contribution in [0.2, 0.25) is 0 Å². The molecule has 0 saturated carbocycles. The van der Waals surface area contributed by atoms with Crippen molar-refractivity contribution in [3.05, 3.63) is 108 Å². The van der Waals surface area contributed by atoms with Gasteiger partial charge in [-0.05, 0) is 18.1 Å². The first-order chi connectivity index (χ1) is 12.7. The molecule has 2 nitrogen and oxygen atoms in total. The summed E-state index contributed by atoms with van der Waals surface area (Å²) < 4.78 is 0. The van der Waals surface area contributed by atoms with Crippen molar-refractivity contribution >= 4 is 0 Å². The van der Waals surface area contributed by atoms with Crippen LogP contribution in [0.3, 0.4) is 0 Å². The van der Waals surface area contributed by atoms with Gasteiger partial charge in [-0.1, -0.05) is 91.0 Å². The first-order valence-electron chi connectivity index (χ1n) is 9.45. The minimum Gasteiger partial charge on any atom is -0.374 e. The Morgan fingerprint density at radius 3 is 1.69 bits per heavy atom. The molecule has 26 heavy (non-hydrogen) atoms. The summed E-state index contributed by atoms with van der Waals surface area (Å²) >= 11 is 0. The van der Waals surface area contributed by atoms with Crippen LogP contribution in [0, 0.1) is 0 Å². The van der Waals surface area contributed by atoms with Crippen LogP contribution < -0.4 is 4.90 Å². The predicted octanol–water partition coefficient (Wildman–Crippen LogP) is 3.34. The average Bonchev–Trinajstić information content (AvgIpc) is 2.69. The summed E-state index contributed by atoms with van der Waals surface area (Å²) in [6.07, 6.45) is 1.02.